The van der Waals surface area contributed by atoms with Crippen molar-refractivity contribution >= 4 is 23.3 Å². The van der Waals surface area contributed by atoms with Gasteiger partial charge in [-0.25, -0.2) is 4.79 Å². The molecule has 1 aromatic rings. The Bertz CT molecular complexity index is 524. The minimum absolute atomic E-state index is 0.211. The number of ether oxygens (including phenoxy) is 1. The number of benzene rings is 1. The third kappa shape index (κ3) is 4.24. The van der Waals surface area contributed by atoms with E-state index < -0.39 is 0 Å². The van der Waals surface area contributed by atoms with Crippen LogP contribution in [0.25, 0.3) is 0 Å². The standard InChI is InChI=1S/C17H22ClNO2/c1-11-8-12(2)10-13(9-11)16(17(20)21-3)19-15-6-4-14(18)5-7-15/h4-8,11,13,16,19H,9-10H2,1-3H3. The summed E-state index contributed by atoms with van der Waals surface area (Å²) >= 11 is 5.90. The van der Waals surface area contributed by atoms with Gasteiger partial charge in [-0.15, -0.1) is 0 Å². The molecule has 1 aliphatic rings. The van der Waals surface area contributed by atoms with Crippen molar-refractivity contribution in [3.8, 4) is 0 Å². The molecule has 0 heterocycles. The summed E-state index contributed by atoms with van der Waals surface area (Å²) in [5.41, 5.74) is 2.22. The molecule has 0 radical (unpaired) electrons. The van der Waals surface area contributed by atoms with E-state index in [9.17, 15) is 4.79 Å². The van der Waals surface area contributed by atoms with Gasteiger partial charge in [0.15, 0.2) is 0 Å². The van der Waals surface area contributed by atoms with E-state index in [4.69, 9.17) is 16.3 Å². The van der Waals surface area contributed by atoms with Gasteiger partial charge < -0.3 is 10.1 Å². The van der Waals surface area contributed by atoms with Crippen molar-refractivity contribution in [3.05, 3.63) is 40.9 Å². The lowest BCUT2D eigenvalue weighted by Crippen LogP contribution is -2.39. The number of methoxy groups -OCH3 is 1. The van der Waals surface area contributed by atoms with E-state index in [1.807, 2.05) is 24.3 Å². The zero-order chi connectivity index (χ0) is 15.4. The summed E-state index contributed by atoms with van der Waals surface area (Å²) in [7, 11) is 1.44. The number of esters is 1. The highest BCUT2D eigenvalue weighted by Gasteiger charge is 2.32. The quantitative estimate of drug-likeness (QED) is 0.666. The van der Waals surface area contributed by atoms with Crippen LogP contribution in [0, 0.1) is 11.8 Å². The van der Waals surface area contributed by atoms with Gasteiger partial charge in [-0.1, -0.05) is 30.2 Å². The molecule has 114 valence electrons. The van der Waals surface area contributed by atoms with Crippen molar-refractivity contribution in [3.63, 3.8) is 0 Å². The van der Waals surface area contributed by atoms with Crippen LogP contribution in [0.15, 0.2) is 35.9 Å². The average Bonchev–Trinajstić information content (AvgIpc) is 2.44. The lowest BCUT2D eigenvalue weighted by molar-refractivity contribution is -0.143. The maximum Gasteiger partial charge on any atom is 0.328 e. The normalized spacial score (nSPS) is 23.1. The Hall–Kier alpha value is -1.48. The van der Waals surface area contributed by atoms with Gasteiger partial charge in [-0.2, -0.15) is 0 Å². The second-order valence-corrected chi connectivity index (χ2v) is 6.28. The van der Waals surface area contributed by atoms with Gasteiger partial charge in [0, 0.05) is 10.7 Å². The summed E-state index contributed by atoms with van der Waals surface area (Å²) in [6.07, 6.45) is 4.19. The van der Waals surface area contributed by atoms with Crippen molar-refractivity contribution in [2.45, 2.75) is 32.7 Å². The van der Waals surface area contributed by atoms with Crippen molar-refractivity contribution in [1.29, 1.82) is 0 Å². The summed E-state index contributed by atoms with van der Waals surface area (Å²) in [4.78, 5) is 12.2. The highest BCUT2D eigenvalue weighted by molar-refractivity contribution is 6.30. The Balaban J connectivity index is 2.17. The number of allylic oxidation sites excluding steroid dienone is 2. The van der Waals surface area contributed by atoms with Gasteiger partial charge in [0.25, 0.3) is 0 Å². The van der Waals surface area contributed by atoms with E-state index in [1.165, 1.54) is 12.7 Å². The molecule has 1 N–H and O–H groups in total. The van der Waals surface area contributed by atoms with Crippen molar-refractivity contribution < 1.29 is 9.53 Å². The van der Waals surface area contributed by atoms with E-state index in [0.717, 1.165) is 18.5 Å². The number of hydrogen-bond donors (Lipinski definition) is 1. The number of rotatable bonds is 4. The zero-order valence-electron chi connectivity index (χ0n) is 12.7. The van der Waals surface area contributed by atoms with Gasteiger partial charge in [0.1, 0.15) is 6.04 Å². The molecule has 2 rings (SSSR count). The second kappa shape index (κ2) is 6.99. The van der Waals surface area contributed by atoms with Crippen molar-refractivity contribution in [2.75, 3.05) is 12.4 Å². The first-order chi connectivity index (χ1) is 9.99. The van der Waals surface area contributed by atoms with Gasteiger partial charge >= 0.3 is 5.97 Å². The SMILES string of the molecule is COC(=O)C(Nc1ccc(Cl)cc1)C1CC(C)=CC(C)C1. The van der Waals surface area contributed by atoms with Gasteiger partial charge in [-0.05, 0) is 55.9 Å². The molecule has 1 aliphatic carbocycles. The summed E-state index contributed by atoms with van der Waals surface area (Å²) in [6.45, 7) is 4.31. The fraction of sp³-hybridized carbons (Fsp3) is 0.471. The Morgan fingerprint density at radius 3 is 2.62 bits per heavy atom. The fourth-order valence-corrected chi connectivity index (χ4v) is 3.20. The number of halogens is 1. The topological polar surface area (TPSA) is 38.3 Å². The van der Waals surface area contributed by atoms with Crippen LogP contribution in [0.3, 0.4) is 0 Å². The highest BCUT2D eigenvalue weighted by atomic mass is 35.5. The van der Waals surface area contributed by atoms with Gasteiger partial charge in [-0.3, -0.25) is 0 Å². The first-order valence-electron chi connectivity index (χ1n) is 7.27. The van der Waals surface area contributed by atoms with Crippen LogP contribution in [-0.4, -0.2) is 19.1 Å². The second-order valence-electron chi connectivity index (χ2n) is 5.84. The first-order valence-corrected chi connectivity index (χ1v) is 7.64. The molecule has 0 saturated carbocycles. The fourth-order valence-electron chi connectivity index (χ4n) is 3.07. The third-order valence-electron chi connectivity index (χ3n) is 3.92. The van der Waals surface area contributed by atoms with Crippen LogP contribution in [-0.2, 0) is 9.53 Å². The summed E-state index contributed by atoms with van der Waals surface area (Å²) in [5, 5.41) is 3.99. The van der Waals surface area contributed by atoms with Crippen molar-refractivity contribution in [1.82, 2.24) is 0 Å². The largest absolute Gasteiger partial charge is 0.467 e. The third-order valence-corrected chi connectivity index (χ3v) is 4.17. The molecular formula is C17H22ClNO2. The van der Waals surface area contributed by atoms with Gasteiger partial charge in [0.2, 0.25) is 0 Å². The summed E-state index contributed by atoms with van der Waals surface area (Å²) in [5.74, 6) is 0.521. The molecule has 0 amide bonds. The predicted octanol–water partition coefficient (Wildman–Crippen LogP) is 4.29. The summed E-state index contributed by atoms with van der Waals surface area (Å²) in [6, 6.07) is 7.06. The lowest BCUT2D eigenvalue weighted by atomic mass is 9.79. The number of hydrogen-bond acceptors (Lipinski definition) is 3. The Labute approximate surface area is 131 Å². The Morgan fingerprint density at radius 2 is 2.05 bits per heavy atom. The van der Waals surface area contributed by atoms with Crippen LogP contribution >= 0.6 is 11.6 Å². The number of anilines is 1. The number of carbonyl (C=O) groups excluding carboxylic acids is 1. The lowest BCUT2D eigenvalue weighted by Gasteiger charge is -2.31. The minimum atomic E-state index is -0.331. The monoisotopic (exact) mass is 307 g/mol. The molecule has 3 nitrogen and oxygen atoms in total. The molecule has 4 heteroatoms. The molecule has 0 fully saturated rings. The molecule has 0 spiro atoms. The minimum Gasteiger partial charge on any atom is -0.467 e. The number of nitrogens with one attached hydrogen (secondary N) is 1. The molecule has 0 aromatic heterocycles. The molecule has 3 unspecified atom stereocenters. The van der Waals surface area contributed by atoms with Crippen LogP contribution in [0.2, 0.25) is 5.02 Å². The molecule has 0 saturated heterocycles. The van der Waals surface area contributed by atoms with Crippen LogP contribution in [0.5, 0.6) is 0 Å². The van der Waals surface area contributed by atoms with E-state index in [0.29, 0.717) is 10.9 Å². The van der Waals surface area contributed by atoms with Crippen LogP contribution in [0.4, 0.5) is 5.69 Å². The molecule has 3 atom stereocenters. The smallest absolute Gasteiger partial charge is 0.328 e. The van der Waals surface area contributed by atoms with E-state index in [1.54, 1.807) is 0 Å². The van der Waals surface area contributed by atoms with E-state index in [-0.39, 0.29) is 17.9 Å². The molecular weight excluding hydrogens is 286 g/mol. The Morgan fingerprint density at radius 1 is 1.38 bits per heavy atom. The summed E-state index contributed by atoms with van der Waals surface area (Å²) < 4.78 is 4.99. The van der Waals surface area contributed by atoms with Crippen LogP contribution < -0.4 is 5.32 Å². The first kappa shape index (κ1) is 15.9. The highest BCUT2D eigenvalue weighted by Crippen LogP contribution is 2.32. The van der Waals surface area contributed by atoms with E-state index in [2.05, 4.69) is 25.2 Å². The van der Waals surface area contributed by atoms with Crippen LogP contribution in [0.1, 0.15) is 26.7 Å². The van der Waals surface area contributed by atoms with Crippen molar-refractivity contribution in [2.24, 2.45) is 11.8 Å². The average molecular weight is 308 g/mol. The molecule has 0 bridgehead atoms. The zero-order valence-corrected chi connectivity index (χ0v) is 13.5. The van der Waals surface area contributed by atoms with Gasteiger partial charge in [0.05, 0.1) is 7.11 Å². The molecule has 21 heavy (non-hydrogen) atoms. The van der Waals surface area contributed by atoms with E-state index >= 15 is 0 Å². The number of carbonyl (C=O) groups is 1. The maximum absolute atomic E-state index is 12.2. The predicted molar refractivity (Wildman–Crippen MR) is 86.5 cm³/mol. The molecule has 1 aromatic carbocycles. The maximum atomic E-state index is 12.2. The molecule has 0 aliphatic heterocycles. The Kier molecular flexibility index (Phi) is 5.29.